The van der Waals surface area contributed by atoms with Gasteiger partial charge in [-0.05, 0) is 45.1 Å². The van der Waals surface area contributed by atoms with Crippen molar-refractivity contribution in [3.8, 4) is 17.1 Å². The van der Waals surface area contributed by atoms with Crippen molar-refractivity contribution >= 4 is 17.6 Å². The van der Waals surface area contributed by atoms with E-state index in [4.69, 9.17) is 14.2 Å². The number of methoxy groups -OCH3 is 1. The van der Waals surface area contributed by atoms with Crippen LogP contribution in [0.2, 0.25) is 0 Å². The number of halogens is 3. The highest BCUT2D eigenvalue weighted by atomic mass is 19.4. The summed E-state index contributed by atoms with van der Waals surface area (Å²) in [5, 5.41) is 18.0. The lowest BCUT2D eigenvalue weighted by molar-refractivity contribution is -0.384. The van der Waals surface area contributed by atoms with Crippen molar-refractivity contribution in [3.05, 3.63) is 98.9 Å². The Bertz CT molecular complexity index is 1650. The fourth-order valence-electron chi connectivity index (χ4n) is 5.21. The van der Waals surface area contributed by atoms with Crippen molar-refractivity contribution in [2.75, 3.05) is 20.3 Å². The second-order valence-electron chi connectivity index (χ2n) is 10.5. The van der Waals surface area contributed by atoms with E-state index in [0.717, 1.165) is 0 Å². The number of esters is 2. The Morgan fingerprint density at radius 2 is 1.59 bits per heavy atom. The molecule has 1 N–H and O–H groups in total. The lowest BCUT2D eigenvalue weighted by atomic mass is 9.80. The number of unbranched alkanes of at least 4 members (excludes halogenated alkanes) is 3. The first-order valence-corrected chi connectivity index (χ1v) is 14.5. The molecular weight excluding hydrogens is 609 g/mol. The molecule has 2 heterocycles. The Morgan fingerprint density at radius 3 is 2.22 bits per heavy atom. The number of ether oxygens (including phenoxy) is 3. The van der Waals surface area contributed by atoms with E-state index in [1.807, 2.05) is 0 Å². The number of nitro benzene ring substituents is 1. The number of dihydropyridines is 1. The lowest BCUT2D eigenvalue weighted by Gasteiger charge is -2.30. The van der Waals surface area contributed by atoms with Crippen LogP contribution >= 0.6 is 0 Å². The monoisotopic (exact) mass is 642 g/mol. The molecule has 11 nitrogen and oxygen atoms in total. The number of benzene rings is 2. The first-order chi connectivity index (χ1) is 21.9. The molecule has 1 aliphatic rings. The van der Waals surface area contributed by atoms with E-state index in [1.54, 1.807) is 50.2 Å². The van der Waals surface area contributed by atoms with Gasteiger partial charge < -0.3 is 19.5 Å². The van der Waals surface area contributed by atoms with Crippen LogP contribution in [0.4, 0.5) is 18.9 Å². The van der Waals surface area contributed by atoms with Crippen molar-refractivity contribution in [2.45, 2.75) is 51.7 Å². The van der Waals surface area contributed by atoms with Gasteiger partial charge in [-0.3, -0.25) is 10.1 Å². The summed E-state index contributed by atoms with van der Waals surface area (Å²) in [7, 11) is 1.21. The van der Waals surface area contributed by atoms with Crippen LogP contribution in [0.3, 0.4) is 0 Å². The molecule has 0 saturated carbocycles. The van der Waals surface area contributed by atoms with E-state index in [2.05, 4.69) is 10.4 Å². The summed E-state index contributed by atoms with van der Waals surface area (Å²) < 4.78 is 56.5. The van der Waals surface area contributed by atoms with Gasteiger partial charge in [0.1, 0.15) is 0 Å². The summed E-state index contributed by atoms with van der Waals surface area (Å²) in [6.07, 6.45) is -2.39. The Morgan fingerprint density at radius 1 is 0.935 bits per heavy atom. The standard InChI is InChI=1S/C32H33F3N4O7/c1-20-27(30(40)44-3)29(23-14-11-15-24(18-23)39(42)43)28(21(2)36-20)31(41)46-17-10-5-4-9-16-45-26-19-25(22-12-7-6-8-13-22)38(37-26)32(33,34)35/h6-8,11-15,18-19,29,36H,4-5,9-10,16-17H2,1-3H3. The fourth-order valence-corrected chi connectivity index (χ4v) is 5.21. The molecule has 0 aliphatic carbocycles. The number of nitrogens with zero attached hydrogens (tertiary/aromatic N) is 3. The highest BCUT2D eigenvalue weighted by Crippen LogP contribution is 2.40. The number of nitrogens with one attached hydrogen (secondary N) is 1. The minimum absolute atomic E-state index is 0.0141. The van der Waals surface area contributed by atoms with Crippen molar-refractivity contribution in [3.63, 3.8) is 0 Å². The van der Waals surface area contributed by atoms with Gasteiger partial charge in [-0.25, -0.2) is 9.59 Å². The van der Waals surface area contributed by atoms with E-state index in [9.17, 15) is 32.9 Å². The molecule has 3 aromatic rings. The molecule has 244 valence electrons. The quantitative estimate of drug-likeness (QED) is 0.0956. The zero-order valence-electron chi connectivity index (χ0n) is 25.4. The van der Waals surface area contributed by atoms with Crippen molar-refractivity contribution in [1.82, 2.24) is 15.1 Å². The molecule has 0 radical (unpaired) electrons. The van der Waals surface area contributed by atoms with Crippen molar-refractivity contribution in [2.24, 2.45) is 0 Å². The van der Waals surface area contributed by atoms with Gasteiger partial charge in [0.05, 0.1) is 48.0 Å². The summed E-state index contributed by atoms with van der Waals surface area (Å²) in [5.41, 5.74) is 1.55. The van der Waals surface area contributed by atoms with E-state index in [-0.39, 0.29) is 46.3 Å². The number of rotatable bonds is 13. The number of aromatic nitrogens is 2. The zero-order valence-corrected chi connectivity index (χ0v) is 25.4. The molecular formula is C32H33F3N4O7. The third-order valence-electron chi connectivity index (χ3n) is 7.32. The summed E-state index contributed by atoms with van der Waals surface area (Å²) in [4.78, 5) is 37.0. The van der Waals surface area contributed by atoms with Gasteiger partial charge in [-0.1, -0.05) is 42.5 Å². The Kier molecular flexibility index (Phi) is 10.8. The van der Waals surface area contributed by atoms with Crippen LogP contribution in [0.1, 0.15) is 51.0 Å². The number of carbonyl (C=O) groups is 2. The summed E-state index contributed by atoms with van der Waals surface area (Å²) in [6.45, 7) is 3.51. The zero-order chi connectivity index (χ0) is 33.4. The van der Waals surface area contributed by atoms with Crippen LogP contribution in [0.15, 0.2) is 83.2 Å². The maximum absolute atomic E-state index is 13.5. The van der Waals surface area contributed by atoms with Gasteiger partial charge in [-0.15, -0.1) is 18.3 Å². The van der Waals surface area contributed by atoms with Gasteiger partial charge in [0.25, 0.3) is 5.69 Å². The number of hydrogen-bond donors (Lipinski definition) is 1. The maximum atomic E-state index is 13.5. The molecule has 0 fully saturated rings. The van der Waals surface area contributed by atoms with Gasteiger partial charge in [-0.2, -0.15) is 4.68 Å². The summed E-state index contributed by atoms with van der Waals surface area (Å²) in [6, 6.07) is 15.0. The number of non-ortho nitro benzene ring substituents is 1. The topological polar surface area (TPSA) is 135 Å². The predicted octanol–water partition coefficient (Wildman–Crippen LogP) is 6.53. The van der Waals surface area contributed by atoms with Crippen LogP contribution < -0.4 is 10.1 Å². The normalized spacial score (nSPS) is 15.0. The molecule has 1 atom stereocenters. The highest BCUT2D eigenvalue weighted by Gasteiger charge is 2.38. The summed E-state index contributed by atoms with van der Waals surface area (Å²) in [5.74, 6) is -2.47. The number of carbonyl (C=O) groups excluding carboxylic acids is 2. The molecule has 1 unspecified atom stereocenters. The smallest absolute Gasteiger partial charge is 0.477 e. The molecule has 0 bridgehead atoms. The number of nitro groups is 1. The molecule has 0 amide bonds. The van der Waals surface area contributed by atoms with Gasteiger partial charge in [0.2, 0.25) is 5.88 Å². The number of alkyl halides is 3. The van der Waals surface area contributed by atoms with Crippen molar-refractivity contribution < 1.29 is 41.9 Å². The predicted molar refractivity (Wildman–Crippen MR) is 160 cm³/mol. The highest BCUT2D eigenvalue weighted by molar-refractivity contribution is 5.99. The van der Waals surface area contributed by atoms with Crippen molar-refractivity contribution in [1.29, 1.82) is 0 Å². The molecule has 1 aromatic heterocycles. The first kappa shape index (κ1) is 33.7. The van der Waals surface area contributed by atoms with Gasteiger partial charge in [0, 0.05) is 35.2 Å². The first-order valence-electron chi connectivity index (χ1n) is 14.5. The van der Waals surface area contributed by atoms with Gasteiger partial charge in [0.15, 0.2) is 0 Å². The Balaban J connectivity index is 1.32. The second kappa shape index (κ2) is 14.8. The minimum Gasteiger partial charge on any atom is -0.477 e. The molecule has 1 aliphatic heterocycles. The number of hydrogen-bond acceptors (Lipinski definition) is 9. The van der Waals surface area contributed by atoms with Crippen LogP contribution in [0.25, 0.3) is 11.3 Å². The number of allylic oxidation sites excluding steroid dienone is 2. The third kappa shape index (κ3) is 7.92. The van der Waals surface area contributed by atoms with E-state index in [0.29, 0.717) is 48.2 Å². The van der Waals surface area contributed by atoms with Gasteiger partial charge >= 0.3 is 18.2 Å². The minimum atomic E-state index is -4.71. The lowest BCUT2D eigenvalue weighted by Crippen LogP contribution is -2.32. The maximum Gasteiger partial charge on any atom is 0.505 e. The molecule has 2 aromatic carbocycles. The van der Waals surface area contributed by atoms with Crippen LogP contribution in [0, 0.1) is 10.1 Å². The molecule has 46 heavy (non-hydrogen) atoms. The summed E-state index contributed by atoms with van der Waals surface area (Å²) >= 11 is 0. The average molecular weight is 643 g/mol. The molecule has 14 heteroatoms. The van der Waals surface area contributed by atoms with E-state index >= 15 is 0 Å². The Labute approximate surface area is 262 Å². The van der Waals surface area contributed by atoms with Crippen LogP contribution in [-0.2, 0) is 25.4 Å². The SMILES string of the molecule is COC(=O)C1=C(C)NC(C)=C(C(=O)OCCCCCCOc2cc(-c3ccccc3)n(C(F)(F)F)n2)C1c1cccc([N+](=O)[O-])c1. The van der Waals surface area contributed by atoms with E-state index < -0.39 is 29.1 Å². The van der Waals surface area contributed by atoms with E-state index in [1.165, 1.54) is 31.4 Å². The average Bonchev–Trinajstić information content (AvgIpc) is 3.47. The third-order valence-corrected chi connectivity index (χ3v) is 7.32. The van der Waals surface area contributed by atoms with Crippen LogP contribution in [0.5, 0.6) is 5.88 Å². The fraction of sp³-hybridized carbons (Fsp3) is 0.344. The molecule has 4 rings (SSSR count). The molecule has 0 saturated heterocycles. The molecule has 0 spiro atoms. The largest absolute Gasteiger partial charge is 0.505 e. The van der Waals surface area contributed by atoms with Crippen LogP contribution in [-0.4, -0.2) is 47.0 Å². The second-order valence-corrected chi connectivity index (χ2v) is 10.5. The Hall–Kier alpha value is -5.14.